The Hall–Kier alpha value is -2.81. The molecule has 35 heavy (non-hydrogen) atoms. The van der Waals surface area contributed by atoms with Crippen molar-refractivity contribution in [1.29, 1.82) is 0 Å². The Bertz CT molecular complexity index is 1330. The highest BCUT2D eigenvalue weighted by Crippen LogP contribution is 2.33. The number of rotatable bonds is 6. The summed E-state index contributed by atoms with van der Waals surface area (Å²) in [4.78, 5) is 16.8. The molecular formula is C25H24Cl2FN3O3S. The van der Waals surface area contributed by atoms with Gasteiger partial charge in [-0.3, -0.25) is 9.10 Å². The molecular weight excluding hydrogens is 512 g/mol. The van der Waals surface area contributed by atoms with Crippen LogP contribution >= 0.6 is 23.2 Å². The topological polar surface area (TPSA) is 60.9 Å². The third kappa shape index (κ3) is 5.55. The molecule has 1 fully saturated rings. The number of carbonyl (C=O) groups excluding carboxylic acids is 1. The van der Waals surface area contributed by atoms with Gasteiger partial charge in [-0.05, 0) is 49.4 Å². The highest BCUT2D eigenvalue weighted by atomic mass is 35.5. The number of benzene rings is 3. The Labute approximate surface area is 214 Å². The zero-order valence-corrected chi connectivity index (χ0v) is 21.3. The number of hydrogen-bond donors (Lipinski definition) is 0. The van der Waals surface area contributed by atoms with Crippen LogP contribution in [0.2, 0.25) is 10.0 Å². The summed E-state index contributed by atoms with van der Waals surface area (Å²) in [6, 6.07) is 17.3. The minimum Gasteiger partial charge on any atom is -0.366 e. The van der Waals surface area contributed by atoms with Crippen LogP contribution in [0, 0.1) is 12.7 Å². The first-order valence-corrected chi connectivity index (χ1v) is 13.2. The van der Waals surface area contributed by atoms with Gasteiger partial charge in [0, 0.05) is 31.2 Å². The first-order valence-electron chi connectivity index (χ1n) is 11.0. The van der Waals surface area contributed by atoms with E-state index >= 15 is 0 Å². The van der Waals surface area contributed by atoms with E-state index in [4.69, 9.17) is 23.2 Å². The molecule has 3 aromatic carbocycles. The molecule has 1 saturated heterocycles. The summed E-state index contributed by atoms with van der Waals surface area (Å²) >= 11 is 12.5. The van der Waals surface area contributed by atoms with E-state index in [1.807, 2.05) is 11.8 Å². The van der Waals surface area contributed by atoms with E-state index in [0.29, 0.717) is 36.9 Å². The van der Waals surface area contributed by atoms with Gasteiger partial charge in [-0.2, -0.15) is 0 Å². The van der Waals surface area contributed by atoms with E-state index < -0.39 is 16.6 Å². The fourth-order valence-corrected chi connectivity index (χ4v) is 5.80. The molecule has 0 unspecified atom stereocenters. The van der Waals surface area contributed by atoms with E-state index in [-0.39, 0.29) is 27.3 Å². The van der Waals surface area contributed by atoms with Gasteiger partial charge in [0.2, 0.25) is 5.91 Å². The van der Waals surface area contributed by atoms with Crippen LogP contribution in [0.5, 0.6) is 0 Å². The molecule has 4 rings (SSSR count). The van der Waals surface area contributed by atoms with Crippen LogP contribution in [-0.4, -0.2) is 51.9 Å². The predicted octanol–water partition coefficient (Wildman–Crippen LogP) is 4.99. The average Bonchev–Trinajstić information content (AvgIpc) is 2.84. The van der Waals surface area contributed by atoms with E-state index in [0.717, 1.165) is 9.87 Å². The summed E-state index contributed by atoms with van der Waals surface area (Å²) < 4.78 is 42.4. The Morgan fingerprint density at radius 2 is 1.63 bits per heavy atom. The molecule has 1 aliphatic heterocycles. The van der Waals surface area contributed by atoms with Gasteiger partial charge in [0.25, 0.3) is 10.0 Å². The second kappa shape index (κ2) is 10.4. The fraction of sp³-hybridized carbons (Fsp3) is 0.240. The summed E-state index contributed by atoms with van der Waals surface area (Å²) in [5.74, 6) is -0.705. The third-order valence-corrected chi connectivity index (χ3v) is 8.22. The number of sulfonamides is 1. The fourth-order valence-electron chi connectivity index (χ4n) is 3.94. The van der Waals surface area contributed by atoms with Crippen LogP contribution in [0.4, 0.5) is 15.8 Å². The monoisotopic (exact) mass is 535 g/mol. The highest BCUT2D eigenvalue weighted by Gasteiger charge is 2.32. The maximum atomic E-state index is 14.2. The lowest BCUT2D eigenvalue weighted by Gasteiger charge is -2.37. The number of piperazine rings is 1. The number of hydrogen-bond acceptors (Lipinski definition) is 4. The second-order valence-electron chi connectivity index (χ2n) is 8.24. The van der Waals surface area contributed by atoms with Crippen molar-refractivity contribution in [1.82, 2.24) is 4.90 Å². The van der Waals surface area contributed by atoms with Crippen LogP contribution in [0.3, 0.4) is 0 Å². The van der Waals surface area contributed by atoms with Gasteiger partial charge in [-0.1, -0.05) is 53.0 Å². The molecule has 1 amide bonds. The molecule has 0 N–H and O–H groups in total. The van der Waals surface area contributed by atoms with Crippen molar-refractivity contribution in [3.63, 3.8) is 0 Å². The Balaban J connectivity index is 1.58. The van der Waals surface area contributed by atoms with Crippen molar-refractivity contribution < 1.29 is 17.6 Å². The van der Waals surface area contributed by atoms with Crippen molar-refractivity contribution >= 4 is 50.5 Å². The minimum atomic E-state index is -4.12. The third-order valence-electron chi connectivity index (χ3n) is 5.89. The summed E-state index contributed by atoms with van der Waals surface area (Å²) in [7, 11) is -4.12. The molecule has 3 aromatic rings. The summed E-state index contributed by atoms with van der Waals surface area (Å²) in [5.41, 5.74) is 1.51. The average molecular weight is 536 g/mol. The molecule has 0 aliphatic carbocycles. The van der Waals surface area contributed by atoms with Crippen molar-refractivity contribution in [2.24, 2.45) is 0 Å². The number of aryl methyl sites for hydroxylation is 1. The number of carbonyl (C=O) groups is 1. The lowest BCUT2D eigenvalue weighted by molar-refractivity contribution is -0.129. The van der Waals surface area contributed by atoms with Gasteiger partial charge in [-0.25, -0.2) is 12.8 Å². The SMILES string of the molecule is Cc1ccc(S(=O)(=O)N(CC(=O)N2CCN(c3ccccc3F)CC2)c2cc(Cl)ccc2Cl)cc1. The van der Waals surface area contributed by atoms with Crippen molar-refractivity contribution in [3.8, 4) is 0 Å². The molecule has 0 saturated carbocycles. The first-order chi connectivity index (χ1) is 16.7. The van der Waals surface area contributed by atoms with Gasteiger partial charge >= 0.3 is 0 Å². The van der Waals surface area contributed by atoms with Crippen LogP contribution in [-0.2, 0) is 14.8 Å². The van der Waals surface area contributed by atoms with Crippen LogP contribution in [0.15, 0.2) is 71.6 Å². The van der Waals surface area contributed by atoms with Gasteiger partial charge < -0.3 is 9.80 Å². The van der Waals surface area contributed by atoms with E-state index in [1.165, 1.54) is 30.3 Å². The van der Waals surface area contributed by atoms with Gasteiger partial charge in [0.15, 0.2) is 0 Å². The Morgan fingerprint density at radius 3 is 2.29 bits per heavy atom. The first kappa shape index (κ1) is 25.3. The maximum Gasteiger partial charge on any atom is 0.264 e. The lowest BCUT2D eigenvalue weighted by Crippen LogP contribution is -2.52. The normalized spacial score (nSPS) is 14.2. The predicted molar refractivity (Wildman–Crippen MR) is 137 cm³/mol. The highest BCUT2D eigenvalue weighted by molar-refractivity contribution is 7.92. The van der Waals surface area contributed by atoms with Crippen LogP contribution in [0.25, 0.3) is 0 Å². The maximum absolute atomic E-state index is 14.2. The van der Waals surface area contributed by atoms with Gasteiger partial charge in [0.1, 0.15) is 12.4 Å². The quantitative estimate of drug-likeness (QED) is 0.446. The largest absolute Gasteiger partial charge is 0.366 e. The van der Waals surface area contributed by atoms with Crippen molar-refractivity contribution in [2.75, 3.05) is 41.9 Å². The smallest absolute Gasteiger partial charge is 0.264 e. The van der Waals surface area contributed by atoms with Crippen LogP contribution < -0.4 is 9.21 Å². The summed E-state index contributed by atoms with van der Waals surface area (Å²) in [6.45, 7) is 2.91. The molecule has 0 bridgehead atoms. The van der Waals surface area contributed by atoms with E-state index in [1.54, 1.807) is 41.3 Å². The summed E-state index contributed by atoms with van der Waals surface area (Å²) in [5, 5.41) is 0.446. The number of nitrogens with zero attached hydrogens (tertiary/aromatic N) is 3. The molecule has 0 aromatic heterocycles. The zero-order chi connectivity index (χ0) is 25.2. The minimum absolute atomic E-state index is 0.0383. The van der Waals surface area contributed by atoms with Gasteiger partial charge in [-0.15, -0.1) is 0 Å². The standard InChI is InChI=1S/C25H24Cl2FN3O3S/c1-18-6-9-20(10-7-18)35(33,34)31(24-16-19(26)8-11-21(24)27)17-25(32)30-14-12-29(13-15-30)23-5-3-2-4-22(23)28/h2-11,16H,12-15,17H2,1H3. The van der Waals surface area contributed by atoms with Crippen molar-refractivity contribution in [3.05, 3.63) is 88.2 Å². The van der Waals surface area contributed by atoms with E-state index in [2.05, 4.69) is 0 Å². The van der Waals surface area contributed by atoms with Gasteiger partial charge in [0.05, 0.1) is 21.3 Å². The molecule has 0 radical (unpaired) electrons. The Kier molecular flexibility index (Phi) is 7.54. The second-order valence-corrected chi connectivity index (χ2v) is 10.9. The number of halogens is 3. The van der Waals surface area contributed by atoms with Crippen LogP contribution in [0.1, 0.15) is 5.56 Å². The molecule has 1 heterocycles. The number of anilines is 2. The lowest BCUT2D eigenvalue weighted by atomic mass is 10.2. The molecule has 0 spiro atoms. The zero-order valence-electron chi connectivity index (χ0n) is 19.0. The molecule has 10 heteroatoms. The molecule has 0 atom stereocenters. The Morgan fingerprint density at radius 1 is 0.971 bits per heavy atom. The number of amides is 1. The van der Waals surface area contributed by atoms with E-state index in [9.17, 15) is 17.6 Å². The molecule has 1 aliphatic rings. The molecule has 6 nitrogen and oxygen atoms in total. The molecule has 184 valence electrons. The number of para-hydroxylation sites is 1. The summed E-state index contributed by atoms with van der Waals surface area (Å²) in [6.07, 6.45) is 0. The van der Waals surface area contributed by atoms with Crippen molar-refractivity contribution in [2.45, 2.75) is 11.8 Å².